The van der Waals surface area contributed by atoms with Crippen molar-refractivity contribution in [1.29, 1.82) is 0 Å². The zero-order valence-electron chi connectivity index (χ0n) is 30.2. The van der Waals surface area contributed by atoms with Gasteiger partial charge in [-0.05, 0) is 73.0 Å². The molecule has 6 heteroatoms. The van der Waals surface area contributed by atoms with E-state index in [1.807, 2.05) is 84.9 Å². The summed E-state index contributed by atoms with van der Waals surface area (Å²) in [5.41, 5.74) is 12.7. The van der Waals surface area contributed by atoms with Crippen LogP contribution in [-0.2, 0) is 0 Å². The number of fused-ring (bicyclic) bond motifs is 6. The number of hydrogen-bond donors (Lipinski definition) is 0. The fourth-order valence-corrected chi connectivity index (χ4v) is 7.70. The Balaban J connectivity index is 1.05. The van der Waals surface area contributed by atoms with E-state index in [0.717, 1.165) is 113 Å². The van der Waals surface area contributed by atoms with Crippen molar-refractivity contribution in [2.45, 2.75) is 12.8 Å². The molecule has 0 atom stereocenters. The minimum atomic E-state index is 0.650. The van der Waals surface area contributed by atoms with Gasteiger partial charge < -0.3 is 8.83 Å². The van der Waals surface area contributed by atoms with E-state index in [0.29, 0.717) is 11.6 Å². The largest absolute Gasteiger partial charge is 0.456 e. The summed E-state index contributed by atoms with van der Waals surface area (Å²) in [6.45, 7) is 0. The molecule has 264 valence electrons. The standard InChI is InChI=1S/C50H32N4O2/c1-5-13-31(14-6-1)41-28-42(32-15-7-2-8-16-32)52-49(51-41)35-21-23-45-37(25-35)39-27-40-38-26-36(22-24-46(38)56-48(40)30-47(39)55-45)50-53-43(33-17-9-3-10-18-33)29-44(54-50)34-19-11-4-12-20-34/h1-3,5-11,13-30H,4,12H2. The van der Waals surface area contributed by atoms with Gasteiger partial charge in [-0.15, -0.1) is 0 Å². The van der Waals surface area contributed by atoms with Crippen molar-refractivity contribution < 1.29 is 8.83 Å². The maximum atomic E-state index is 6.42. The Morgan fingerprint density at radius 3 is 1.27 bits per heavy atom. The van der Waals surface area contributed by atoms with Crippen LogP contribution in [0.2, 0.25) is 0 Å². The molecule has 10 aromatic rings. The van der Waals surface area contributed by atoms with Gasteiger partial charge in [0.1, 0.15) is 22.3 Å². The van der Waals surface area contributed by atoms with Crippen molar-refractivity contribution in [2.75, 3.05) is 0 Å². The third-order valence-electron chi connectivity index (χ3n) is 10.5. The van der Waals surface area contributed by atoms with Crippen molar-refractivity contribution in [3.8, 4) is 56.5 Å². The second-order valence-electron chi connectivity index (χ2n) is 14.1. The van der Waals surface area contributed by atoms with E-state index in [4.69, 9.17) is 28.8 Å². The Morgan fingerprint density at radius 2 is 0.804 bits per heavy atom. The van der Waals surface area contributed by atoms with Crippen LogP contribution in [0, 0.1) is 0 Å². The van der Waals surface area contributed by atoms with Gasteiger partial charge in [-0.1, -0.05) is 109 Å². The van der Waals surface area contributed by atoms with E-state index in [2.05, 4.69) is 85.0 Å². The summed E-state index contributed by atoms with van der Waals surface area (Å²) in [5.74, 6) is 1.32. The fourth-order valence-electron chi connectivity index (χ4n) is 7.70. The van der Waals surface area contributed by atoms with Crippen molar-refractivity contribution in [3.05, 3.63) is 176 Å². The molecule has 56 heavy (non-hydrogen) atoms. The zero-order valence-corrected chi connectivity index (χ0v) is 30.2. The molecule has 0 radical (unpaired) electrons. The molecule has 4 heterocycles. The third kappa shape index (κ3) is 5.67. The minimum Gasteiger partial charge on any atom is -0.456 e. The first-order valence-electron chi connectivity index (χ1n) is 18.9. The molecule has 1 aliphatic carbocycles. The molecule has 11 rings (SSSR count). The number of rotatable bonds is 6. The summed E-state index contributed by atoms with van der Waals surface area (Å²) in [7, 11) is 0. The maximum absolute atomic E-state index is 6.42. The lowest BCUT2D eigenvalue weighted by Crippen LogP contribution is -1.98. The van der Waals surface area contributed by atoms with Gasteiger partial charge in [-0.25, -0.2) is 19.9 Å². The first-order valence-corrected chi connectivity index (χ1v) is 18.9. The lowest BCUT2D eigenvalue weighted by atomic mass is 10.0. The lowest BCUT2D eigenvalue weighted by molar-refractivity contribution is 0.656. The van der Waals surface area contributed by atoms with Gasteiger partial charge in [0.2, 0.25) is 0 Å². The summed E-state index contributed by atoms with van der Waals surface area (Å²) in [6.07, 6.45) is 8.68. The van der Waals surface area contributed by atoms with Crippen molar-refractivity contribution >= 4 is 49.5 Å². The number of allylic oxidation sites excluding steroid dienone is 4. The van der Waals surface area contributed by atoms with Gasteiger partial charge in [0.25, 0.3) is 0 Å². The van der Waals surface area contributed by atoms with E-state index in [-0.39, 0.29) is 0 Å². The van der Waals surface area contributed by atoms with Crippen LogP contribution >= 0.6 is 0 Å². The fraction of sp³-hybridized carbons (Fsp3) is 0.0400. The van der Waals surface area contributed by atoms with Crippen LogP contribution in [0.5, 0.6) is 0 Å². The number of furan rings is 2. The monoisotopic (exact) mass is 720 g/mol. The van der Waals surface area contributed by atoms with Crippen LogP contribution in [0.25, 0.3) is 106 Å². The molecule has 6 aromatic carbocycles. The highest BCUT2D eigenvalue weighted by atomic mass is 16.3. The molecule has 6 nitrogen and oxygen atoms in total. The van der Waals surface area contributed by atoms with Gasteiger partial charge >= 0.3 is 0 Å². The zero-order chi connectivity index (χ0) is 37.0. The first kappa shape index (κ1) is 32.0. The Kier molecular flexibility index (Phi) is 7.52. The molecule has 0 unspecified atom stereocenters. The molecule has 4 aromatic heterocycles. The molecule has 0 N–H and O–H groups in total. The lowest BCUT2D eigenvalue weighted by Gasteiger charge is -2.11. The topological polar surface area (TPSA) is 77.8 Å². The van der Waals surface area contributed by atoms with Crippen molar-refractivity contribution in [3.63, 3.8) is 0 Å². The number of hydrogen-bond acceptors (Lipinski definition) is 6. The molecule has 0 saturated heterocycles. The van der Waals surface area contributed by atoms with E-state index in [9.17, 15) is 0 Å². The summed E-state index contributed by atoms with van der Waals surface area (Å²) < 4.78 is 12.8. The minimum absolute atomic E-state index is 0.650. The molecular weight excluding hydrogens is 689 g/mol. The summed E-state index contributed by atoms with van der Waals surface area (Å²) >= 11 is 0. The highest BCUT2D eigenvalue weighted by molar-refractivity contribution is 6.16. The van der Waals surface area contributed by atoms with Gasteiger partial charge in [-0.2, -0.15) is 0 Å². The van der Waals surface area contributed by atoms with Gasteiger partial charge in [0.05, 0.1) is 22.8 Å². The van der Waals surface area contributed by atoms with E-state index < -0.39 is 0 Å². The average Bonchev–Trinajstić information content (AvgIpc) is 3.82. The molecule has 0 aliphatic heterocycles. The SMILES string of the molecule is C1=CC(c2cc(-c3ccccc3)nc(-c3ccc4oc5cc6oc7ccc(-c8nc(-c9ccccc9)cc(-c9ccccc9)n8)cc7c6cc5c4c3)n2)=CCC1. The van der Waals surface area contributed by atoms with Crippen LogP contribution in [-0.4, -0.2) is 19.9 Å². The van der Waals surface area contributed by atoms with Gasteiger partial charge in [0.15, 0.2) is 11.6 Å². The Bertz CT molecular complexity index is 3120. The normalized spacial score (nSPS) is 12.9. The van der Waals surface area contributed by atoms with E-state index >= 15 is 0 Å². The van der Waals surface area contributed by atoms with E-state index in [1.54, 1.807) is 0 Å². The summed E-state index contributed by atoms with van der Waals surface area (Å²) in [5, 5.41) is 3.96. The summed E-state index contributed by atoms with van der Waals surface area (Å²) in [6, 6.07) is 51.5. The van der Waals surface area contributed by atoms with Crippen LogP contribution in [0.15, 0.2) is 179 Å². The Hall–Kier alpha value is -7.44. The van der Waals surface area contributed by atoms with E-state index in [1.165, 1.54) is 0 Å². The van der Waals surface area contributed by atoms with Gasteiger partial charge in [0, 0.05) is 55.4 Å². The highest BCUT2D eigenvalue weighted by Gasteiger charge is 2.18. The second-order valence-corrected chi connectivity index (χ2v) is 14.1. The van der Waals surface area contributed by atoms with Gasteiger partial charge in [-0.3, -0.25) is 0 Å². The number of nitrogens with zero attached hydrogens (tertiary/aromatic N) is 4. The molecule has 0 bridgehead atoms. The van der Waals surface area contributed by atoms with Crippen molar-refractivity contribution in [1.82, 2.24) is 19.9 Å². The quantitative estimate of drug-likeness (QED) is 0.170. The molecular formula is C50H32N4O2. The second kappa shape index (κ2) is 13.1. The molecule has 0 fully saturated rings. The van der Waals surface area contributed by atoms with Crippen LogP contribution in [0.3, 0.4) is 0 Å². The number of benzene rings is 6. The number of aromatic nitrogens is 4. The Labute approximate surface area is 322 Å². The molecule has 0 saturated carbocycles. The predicted octanol–water partition coefficient (Wildman–Crippen LogP) is 13.1. The van der Waals surface area contributed by atoms with Crippen molar-refractivity contribution in [2.24, 2.45) is 0 Å². The first-order chi connectivity index (χ1) is 27.7. The maximum Gasteiger partial charge on any atom is 0.160 e. The highest BCUT2D eigenvalue weighted by Crippen LogP contribution is 2.40. The molecule has 0 spiro atoms. The predicted molar refractivity (Wildman–Crippen MR) is 226 cm³/mol. The average molecular weight is 721 g/mol. The Morgan fingerprint density at radius 1 is 0.357 bits per heavy atom. The third-order valence-corrected chi connectivity index (χ3v) is 10.5. The van der Waals surface area contributed by atoms with Crippen LogP contribution < -0.4 is 0 Å². The van der Waals surface area contributed by atoms with Crippen LogP contribution in [0.4, 0.5) is 0 Å². The molecule has 1 aliphatic rings. The summed E-state index contributed by atoms with van der Waals surface area (Å²) in [4.78, 5) is 20.4. The van der Waals surface area contributed by atoms with Crippen LogP contribution in [0.1, 0.15) is 18.5 Å². The molecule has 0 amide bonds. The smallest absolute Gasteiger partial charge is 0.160 e.